The first kappa shape index (κ1) is 19.2. The molecule has 0 aliphatic carbocycles. The molecule has 1 atom stereocenters. The van der Waals surface area contributed by atoms with Crippen LogP contribution in [0.3, 0.4) is 0 Å². The summed E-state index contributed by atoms with van der Waals surface area (Å²) in [5.74, 6) is 0. The van der Waals surface area contributed by atoms with E-state index in [0.717, 1.165) is 11.9 Å². The molecular weight excluding hydrogens is 366 g/mol. The van der Waals surface area contributed by atoms with Gasteiger partial charge in [-0.05, 0) is 81.3 Å². The SMILES string of the molecule is Cc1cc(C)c(C2CC=C(c3cnc4cc(N5CCCCC5)ccc4c3)N2)c(C)c1. The third kappa shape index (κ3) is 3.58. The topological polar surface area (TPSA) is 28.2 Å². The van der Waals surface area contributed by atoms with Crippen LogP contribution in [-0.4, -0.2) is 18.1 Å². The van der Waals surface area contributed by atoms with Gasteiger partial charge in [0, 0.05) is 41.6 Å². The van der Waals surface area contributed by atoms with E-state index in [0.29, 0.717) is 6.04 Å². The van der Waals surface area contributed by atoms with Gasteiger partial charge in [0.05, 0.1) is 11.6 Å². The number of hydrogen-bond acceptors (Lipinski definition) is 3. The molecule has 0 amide bonds. The number of aromatic nitrogens is 1. The van der Waals surface area contributed by atoms with Crippen molar-refractivity contribution in [3.05, 3.63) is 76.5 Å². The van der Waals surface area contributed by atoms with E-state index in [-0.39, 0.29) is 0 Å². The van der Waals surface area contributed by atoms with Crippen molar-refractivity contribution in [2.75, 3.05) is 18.0 Å². The minimum Gasteiger partial charge on any atom is -0.378 e. The maximum atomic E-state index is 4.82. The minimum atomic E-state index is 0.345. The molecular formula is C27H31N3. The van der Waals surface area contributed by atoms with E-state index in [1.165, 1.54) is 76.9 Å². The van der Waals surface area contributed by atoms with Crippen molar-refractivity contribution in [3.63, 3.8) is 0 Å². The summed E-state index contributed by atoms with van der Waals surface area (Å²) in [5.41, 5.74) is 10.3. The predicted octanol–water partition coefficient (Wildman–Crippen LogP) is 6.23. The standard InChI is InChI=1S/C27H31N3/c1-18-13-19(2)27(20(3)14-18)25-10-9-24(29-25)22-15-21-7-8-23(16-26(21)28-17-22)30-11-5-4-6-12-30/h7-9,13-17,25,29H,4-6,10-12H2,1-3H3. The maximum absolute atomic E-state index is 4.82. The van der Waals surface area contributed by atoms with Crippen LogP contribution in [0.5, 0.6) is 0 Å². The second-order valence-electron chi connectivity index (χ2n) is 9.01. The molecule has 154 valence electrons. The lowest BCUT2D eigenvalue weighted by atomic mass is 9.93. The van der Waals surface area contributed by atoms with Gasteiger partial charge in [0.1, 0.15) is 0 Å². The van der Waals surface area contributed by atoms with E-state index in [2.05, 4.69) is 73.5 Å². The molecule has 1 aromatic heterocycles. The van der Waals surface area contributed by atoms with Gasteiger partial charge in [0.15, 0.2) is 0 Å². The fraction of sp³-hybridized carbons (Fsp3) is 0.370. The third-order valence-electron chi connectivity index (χ3n) is 6.67. The molecule has 2 aromatic carbocycles. The highest BCUT2D eigenvalue weighted by molar-refractivity contribution is 5.85. The average Bonchev–Trinajstić information content (AvgIpc) is 3.22. The number of piperidine rings is 1. The Bertz CT molecular complexity index is 1100. The number of nitrogens with zero attached hydrogens (tertiary/aromatic N) is 2. The Morgan fingerprint density at radius 2 is 1.70 bits per heavy atom. The van der Waals surface area contributed by atoms with E-state index < -0.39 is 0 Å². The molecule has 30 heavy (non-hydrogen) atoms. The number of aryl methyl sites for hydroxylation is 3. The smallest absolute Gasteiger partial charge is 0.0723 e. The highest BCUT2D eigenvalue weighted by Gasteiger charge is 2.22. The van der Waals surface area contributed by atoms with Crippen LogP contribution < -0.4 is 10.2 Å². The first-order valence-corrected chi connectivity index (χ1v) is 11.3. The van der Waals surface area contributed by atoms with Crippen LogP contribution in [-0.2, 0) is 0 Å². The van der Waals surface area contributed by atoms with Crippen molar-refractivity contribution in [3.8, 4) is 0 Å². The lowest BCUT2D eigenvalue weighted by molar-refractivity contribution is 0.578. The van der Waals surface area contributed by atoms with Crippen molar-refractivity contribution in [1.29, 1.82) is 0 Å². The van der Waals surface area contributed by atoms with Crippen molar-refractivity contribution in [1.82, 2.24) is 10.3 Å². The second-order valence-corrected chi connectivity index (χ2v) is 9.01. The number of hydrogen-bond donors (Lipinski definition) is 1. The van der Waals surface area contributed by atoms with E-state index in [1.54, 1.807) is 0 Å². The number of anilines is 1. The molecule has 3 nitrogen and oxygen atoms in total. The van der Waals surface area contributed by atoms with Gasteiger partial charge in [-0.25, -0.2) is 0 Å². The van der Waals surface area contributed by atoms with Crippen LogP contribution in [0.2, 0.25) is 0 Å². The van der Waals surface area contributed by atoms with Gasteiger partial charge in [0.25, 0.3) is 0 Å². The molecule has 5 rings (SSSR count). The van der Waals surface area contributed by atoms with E-state index in [1.807, 2.05) is 6.20 Å². The van der Waals surface area contributed by atoms with Gasteiger partial charge in [-0.15, -0.1) is 0 Å². The van der Waals surface area contributed by atoms with Crippen molar-refractivity contribution in [2.45, 2.75) is 52.5 Å². The van der Waals surface area contributed by atoms with Crippen molar-refractivity contribution >= 4 is 22.3 Å². The molecule has 0 saturated carbocycles. The van der Waals surface area contributed by atoms with Crippen LogP contribution >= 0.6 is 0 Å². The van der Waals surface area contributed by atoms with E-state index in [9.17, 15) is 0 Å². The van der Waals surface area contributed by atoms with Gasteiger partial charge in [-0.1, -0.05) is 29.8 Å². The normalized spacial score (nSPS) is 19.1. The highest BCUT2D eigenvalue weighted by Crippen LogP contribution is 2.34. The molecule has 2 aliphatic rings. The quantitative estimate of drug-likeness (QED) is 0.568. The Morgan fingerprint density at radius 3 is 2.47 bits per heavy atom. The van der Waals surface area contributed by atoms with Crippen LogP contribution in [0.4, 0.5) is 5.69 Å². The van der Waals surface area contributed by atoms with Crippen molar-refractivity contribution < 1.29 is 0 Å². The summed E-state index contributed by atoms with van der Waals surface area (Å²) in [4.78, 5) is 7.31. The summed E-state index contributed by atoms with van der Waals surface area (Å²) >= 11 is 0. The number of rotatable bonds is 3. The highest BCUT2D eigenvalue weighted by atomic mass is 15.1. The number of pyridine rings is 1. The predicted molar refractivity (Wildman–Crippen MR) is 127 cm³/mol. The number of nitrogens with one attached hydrogen (secondary N) is 1. The summed E-state index contributed by atoms with van der Waals surface area (Å²) in [6.45, 7) is 8.96. The molecule has 0 spiro atoms. The minimum absolute atomic E-state index is 0.345. The number of fused-ring (bicyclic) bond motifs is 1. The molecule has 3 heteroatoms. The largest absolute Gasteiger partial charge is 0.378 e. The molecule has 1 saturated heterocycles. The van der Waals surface area contributed by atoms with Crippen LogP contribution in [0.25, 0.3) is 16.6 Å². The Labute approximate surface area is 179 Å². The van der Waals surface area contributed by atoms with Crippen LogP contribution in [0.1, 0.15) is 59.5 Å². The number of benzene rings is 2. The zero-order valence-corrected chi connectivity index (χ0v) is 18.3. The Morgan fingerprint density at radius 1 is 0.933 bits per heavy atom. The van der Waals surface area contributed by atoms with Gasteiger partial charge in [-0.2, -0.15) is 0 Å². The van der Waals surface area contributed by atoms with Crippen LogP contribution in [0.15, 0.2) is 48.7 Å². The molecule has 2 aliphatic heterocycles. The molecule has 0 radical (unpaired) electrons. The fourth-order valence-electron chi connectivity index (χ4n) is 5.28. The molecule has 0 bridgehead atoms. The monoisotopic (exact) mass is 397 g/mol. The summed E-state index contributed by atoms with van der Waals surface area (Å²) < 4.78 is 0. The summed E-state index contributed by atoms with van der Waals surface area (Å²) in [5, 5.41) is 4.98. The molecule has 1 N–H and O–H groups in total. The first-order valence-electron chi connectivity index (χ1n) is 11.3. The van der Waals surface area contributed by atoms with Crippen molar-refractivity contribution in [2.24, 2.45) is 0 Å². The van der Waals surface area contributed by atoms with Gasteiger partial charge < -0.3 is 10.2 Å². The van der Waals surface area contributed by atoms with Gasteiger partial charge in [-0.3, -0.25) is 4.98 Å². The zero-order valence-electron chi connectivity index (χ0n) is 18.3. The molecule has 3 heterocycles. The van der Waals surface area contributed by atoms with Gasteiger partial charge >= 0.3 is 0 Å². The lowest BCUT2D eigenvalue weighted by Crippen LogP contribution is -2.29. The Hall–Kier alpha value is -2.81. The Kier molecular flexibility index (Phi) is 4.98. The molecule has 1 unspecified atom stereocenters. The van der Waals surface area contributed by atoms with E-state index >= 15 is 0 Å². The summed E-state index contributed by atoms with van der Waals surface area (Å²) in [6.07, 6.45) is 9.33. The zero-order chi connectivity index (χ0) is 20.7. The second kappa shape index (κ2) is 7.79. The lowest BCUT2D eigenvalue weighted by Gasteiger charge is -2.28. The summed E-state index contributed by atoms with van der Waals surface area (Å²) in [6, 6.07) is 14.0. The Balaban J connectivity index is 1.38. The summed E-state index contributed by atoms with van der Waals surface area (Å²) in [7, 11) is 0. The average molecular weight is 398 g/mol. The maximum Gasteiger partial charge on any atom is 0.0723 e. The molecule has 3 aromatic rings. The molecule has 1 fully saturated rings. The third-order valence-corrected chi connectivity index (χ3v) is 6.67. The fourth-order valence-corrected chi connectivity index (χ4v) is 5.28. The first-order chi connectivity index (χ1) is 14.6. The van der Waals surface area contributed by atoms with Crippen LogP contribution in [0, 0.1) is 20.8 Å². The van der Waals surface area contributed by atoms with Gasteiger partial charge in [0.2, 0.25) is 0 Å². The van der Waals surface area contributed by atoms with E-state index in [4.69, 9.17) is 4.98 Å².